The molecule has 3 heteroatoms. The molecular weight excluding hydrogens is 172 g/mol. The first-order valence-corrected chi connectivity index (χ1v) is 4.31. The minimum absolute atomic E-state index is 0.0856. The average Bonchev–Trinajstić information content (AvgIpc) is 2.85. The maximum Gasteiger partial charge on any atom is 0.146 e. The Bertz CT molecular complexity index is 320. The average molecular weight is 183 g/mol. The molecule has 13 heavy (non-hydrogen) atoms. The Morgan fingerprint density at radius 3 is 2.46 bits per heavy atom. The van der Waals surface area contributed by atoms with Gasteiger partial charge in [0, 0.05) is 5.56 Å². The van der Waals surface area contributed by atoms with Crippen LogP contribution in [0.4, 0.5) is 8.78 Å². The first-order valence-electron chi connectivity index (χ1n) is 4.31. The van der Waals surface area contributed by atoms with Crippen molar-refractivity contribution in [1.82, 2.24) is 0 Å². The molecule has 2 N–H and O–H groups in total. The number of hydrogen-bond acceptors (Lipinski definition) is 1. The lowest BCUT2D eigenvalue weighted by atomic mass is 10.0. The van der Waals surface area contributed by atoms with Crippen LogP contribution in [0.1, 0.15) is 24.6 Å². The zero-order valence-electron chi connectivity index (χ0n) is 7.13. The van der Waals surface area contributed by atoms with Crippen LogP contribution in [-0.2, 0) is 0 Å². The minimum atomic E-state index is -1.37. The highest BCUT2D eigenvalue weighted by atomic mass is 19.1. The van der Waals surface area contributed by atoms with Crippen LogP contribution in [0.2, 0.25) is 0 Å². The molecule has 70 valence electrons. The molecule has 1 aliphatic rings. The van der Waals surface area contributed by atoms with Gasteiger partial charge in [-0.05, 0) is 18.9 Å². The van der Waals surface area contributed by atoms with Crippen molar-refractivity contribution in [3.05, 3.63) is 35.6 Å². The zero-order chi connectivity index (χ0) is 9.47. The normalized spacial score (nSPS) is 21.2. The van der Waals surface area contributed by atoms with Gasteiger partial charge in [0.2, 0.25) is 0 Å². The van der Waals surface area contributed by atoms with Gasteiger partial charge in [0.1, 0.15) is 12.0 Å². The van der Waals surface area contributed by atoms with Crippen molar-refractivity contribution in [2.45, 2.75) is 24.6 Å². The van der Waals surface area contributed by atoms with Crippen molar-refractivity contribution in [2.24, 2.45) is 5.73 Å². The second-order valence-corrected chi connectivity index (χ2v) is 3.62. The Morgan fingerprint density at radius 2 is 1.92 bits per heavy atom. The summed E-state index contributed by atoms with van der Waals surface area (Å²) in [5, 5.41) is 0. The minimum Gasteiger partial charge on any atom is -0.322 e. The Kier molecular flexibility index (Phi) is 1.84. The van der Waals surface area contributed by atoms with Crippen molar-refractivity contribution in [3.8, 4) is 0 Å². The number of nitrogens with two attached hydrogens (primary N) is 1. The van der Waals surface area contributed by atoms with Crippen LogP contribution in [0.3, 0.4) is 0 Å². The lowest BCUT2D eigenvalue weighted by Gasteiger charge is -2.15. The molecule has 1 aliphatic carbocycles. The molecule has 0 bridgehead atoms. The van der Waals surface area contributed by atoms with E-state index in [4.69, 9.17) is 5.73 Å². The third kappa shape index (κ3) is 1.44. The Morgan fingerprint density at radius 1 is 1.31 bits per heavy atom. The summed E-state index contributed by atoms with van der Waals surface area (Å²) in [6.07, 6.45) is -0.0842. The topological polar surface area (TPSA) is 26.0 Å². The Labute approximate surface area is 75.6 Å². The summed E-state index contributed by atoms with van der Waals surface area (Å²) in [5.41, 5.74) is 4.93. The monoisotopic (exact) mass is 183 g/mol. The summed E-state index contributed by atoms with van der Waals surface area (Å²) in [6.45, 7) is 0. The number of benzene rings is 1. The quantitative estimate of drug-likeness (QED) is 0.748. The van der Waals surface area contributed by atoms with E-state index in [2.05, 4.69) is 0 Å². The fourth-order valence-electron chi connectivity index (χ4n) is 1.39. The molecule has 0 heterocycles. The van der Waals surface area contributed by atoms with Gasteiger partial charge in [0.15, 0.2) is 0 Å². The predicted molar refractivity (Wildman–Crippen MR) is 46.4 cm³/mol. The standard InChI is InChI=1S/C10H11F2N/c11-8-4-2-1-3-7(8)9(12)10(13)5-6-10/h1-4,9H,5-6,13H2. The van der Waals surface area contributed by atoms with E-state index in [9.17, 15) is 8.78 Å². The highest BCUT2D eigenvalue weighted by Gasteiger charge is 2.47. The first-order chi connectivity index (χ1) is 6.13. The van der Waals surface area contributed by atoms with E-state index in [0.717, 1.165) is 0 Å². The van der Waals surface area contributed by atoms with Crippen LogP contribution in [-0.4, -0.2) is 5.54 Å². The van der Waals surface area contributed by atoms with Crippen molar-refractivity contribution in [3.63, 3.8) is 0 Å². The molecule has 1 fully saturated rings. The summed E-state index contributed by atoms with van der Waals surface area (Å²) in [6, 6.07) is 5.87. The zero-order valence-corrected chi connectivity index (χ0v) is 7.13. The number of halogens is 2. The van der Waals surface area contributed by atoms with Crippen LogP contribution >= 0.6 is 0 Å². The smallest absolute Gasteiger partial charge is 0.146 e. The maximum absolute atomic E-state index is 13.6. The molecule has 1 nitrogen and oxygen atoms in total. The van der Waals surface area contributed by atoms with Gasteiger partial charge in [-0.3, -0.25) is 0 Å². The number of hydrogen-bond donors (Lipinski definition) is 1. The first kappa shape index (κ1) is 8.63. The molecule has 0 aromatic heterocycles. The molecule has 0 amide bonds. The van der Waals surface area contributed by atoms with Gasteiger partial charge in [0.05, 0.1) is 5.54 Å². The Hall–Kier alpha value is -0.960. The molecule has 1 unspecified atom stereocenters. The van der Waals surface area contributed by atoms with Gasteiger partial charge >= 0.3 is 0 Å². The predicted octanol–water partition coefficient (Wildman–Crippen LogP) is 2.33. The van der Waals surface area contributed by atoms with E-state index in [-0.39, 0.29) is 5.56 Å². The maximum atomic E-state index is 13.6. The lowest BCUT2D eigenvalue weighted by Crippen LogP contribution is -2.28. The van der Waals surface area contributed by atoms with E-state index in [0.29, 0.717) is 12.8 Å². The SMILES string of the molecule is NC1(C(F)c2ccccc2F)CC1. The molecule has 0 spiro atoms. The molecule has 1 aromatic carbocycles. The summed E-state index contributed by atoms with van der Waals surface area (Å²) >= 11 is 0. The van der Waals surface area contributed by atoms with Crippen molar-refractivity contribution in [2.75, 3.05) is 0 Å². The fourth-order valence-corrected chi connectivity index (χ4v) is 1.39. The van der Waals surface area contributed by atoms with Crippen LogP contribution in [0.15, 0.2) is 24.3 Å². The summed E-state index contributed by atoms with van der Waals surface area (Å²) in [5.74, 6) is -0.508. The van der Waals surface area contributed by atoms with Gasteiger partial charge in [-0.2, -0.15) is 0 Å². The lowest BCUT2D eigenvalue weighted by molar-refractivity contribution is 0.266. The van der Waals surface area contributed by atoms with Crippen molar-refractivity contribution >= 4 is 0 Å². The molecule has 2 rings (SSSR count). The van der Waals surface area contributed by atoms with E-state index in [1.165, 1.54) is 12.1 Å². The number of rotatable bonds is 2. The van der Waals surface area contributed by atoms with E-state index >= 15 is 0 Å². The molecule has 1 atom stereocenters. The second-order valence-electron chi connectivity index (χ2n) is 3.62. The largest absolute Gasteiger partial charge is 0.322 e. The molecule has 1 aromatic rings. The molecule has 1 saturated carbocycles. The summed E-state index contributed by atoms with van der Waals surface area (Å²) in [7, 11) is 0. The third-order valence-electron chi connectivity index (χ3n) is 2.51. The van der Waals surface area contributed by atoms with E-state index in [1.54, 1.807) is 12.1 Å². The summed E-state index contributed by atoms with van der Waals surface area (Å²) in [4.78, 5) is 0. The second kappa shape index (κ2) is 2.77. The summed E-state index contributed by atoms with van der Waals surface area (Å²) < 4.78 is 26.7. The van der Waals surface area contributed by atoms with Crippen molar-refractivity contribution in [1.29, 1.82) is 0 Å². The van der Waals surface area contributed by atoms with E-state index in [1.807, 2.05) is 0 Å². The third-order valence-corrected chi connectivity index (χ3v) is 2.51. The van der Waals surface area contributed by atoms with Gasteiger partial charge in [0.25, 0.3) is 0 Å². The van der Waals surface area contributed by atoms with Crippen LogP contribution in [0, 0.1) is 5.82 Å². The van der Waals surface area contributed by atoms with Gasteiger partial charge in [-0.15, -0.1) is 0 Å². The Balaban J connectivity index is 2.30. The van der Waals surface area contributed by atoms with Gasteiger partial charge in [-0.25, -0.2) is 8.78 Å². The highest BCUT2D eigenvalue weighted by molar-refractivity contribution is 5.26. The molecule has 0 saturated heterocycles. The number of alkyl halides is 1. The van der Waals surface area contributed by atoms with Gasteiger partial charge < -0.3 is 5.73 Å². The van der Waals surface area contributed by atoms with Gasteiger partial charge in [-0.1, -0.05) is 18.2 Å². The molecule has 0 aliphatic heterocycles. The van der Waals surface area contributed by atoms with Crippen molar-refractivity contribution < 1.29 is 8.78 Å². The van der Waals surface area contributed by atoms with E-state index < -0.39 is 17.5 Å². The van der Waals surface area contributed by atoms with Crippen LogP contribution in [0.5, 0.6) is 0 Å². The highest BCUT2D eigenvalue weighted by Crippen LogP contribution is 2.46. The van der Waals surface area contributed by atoms with Crippen LogP contribution in [0.25, 0.3) is 0 Å². The molecular formula is C10H11F2N. The fraction of sp³-hybridized carbons (Fsp3) is 0.400. The van der Waals surface area contributed by atoms with Crippen LogP contribution < -0.4 is 5.73 Å². The molecule has 0 radical (unpaired) electrons.